The SMILES string of the molecule is N[C@@H](Cc1ccc(O)cc1)C(=O)O.N[C@@H](Cc1ccc(O)cc1)C(=O)O.N[C@@H](Cc1ccc(O)cc1)C(=O)O. The fourth-order valence-electron chi connectivity index (χ4n) is 2.92. The number of carboxylic acids is 3. The number of benzene rings is 3. The number of nitrogens with two attached hydrogens (primary N) is 3. The van der Waals surface area contributed by atoms with Crippen LogP contribution >= 0.6 is 0 Å². The van der Waals surface area contributed by atoms with Crippen molar-refractivity contribution in [3.63, 3.8) is 0 Å². The van der Waals surface area contributed by atoms with Crippen LogP contribution in [0.3, 0.4) is 0 Å². The summed E-state index contributed by atoms with van der Waals surface area (Å²) in [5, 5.41) is 52.4. The second kappa shape index (κ2) is 16.2. The third kappa shape index (κ3) is 13.5. The van der Waals surface area contributed by atoms with E-state index in [1.165, 1.54) is 36.4 Å². The highest BCUT2D eigenvalue weighted by atomic mass is 16.4. The molecule has 39 heavy (non-hydrogen) atoms. The summed E-state index contributed by atoms with van der Waals surface area (Å²) >= 11 is 0. The molecular weight excluding hydrogens is 510 g/mol. The van der Waals surface area contributed by atoms with Crippen LogP contribution in [0.1, 0.15) is 16.7 Å². The van der Waals surface area contributed by atoms with E-state index >= 15 is 0 Å². The lowest BCUT2D eigenvalue weighted by Gasteiger charge is -2.05. The standard InChI is InChI=1S/3C9H11NO3/c3*10-8(9(12)13)5-6-1-3-7(11)4-2-6/h3*1-4,8,11H,5,10H2,(H,12,13)/t3*8-/m000/s1. The Bertz CT molecular complexity index is 1030. The number of carbonyl (C=O) groups is 3. The van der Waals surface area contributed by atoms with Crippen molar-refractivity contribution in [2.75, 3.05) is 0 Å². The van der Waals surface area contributed by atoms with Crippen molar-refractivity contribution in [3.8, 4) is 17.2 Å². The number of aromatic hydroxyl groups is 3. The molecule has 3 rings (SSSR count). The van der Waals surface area contributed by atoms with E-state index in [-0.39, 0.29) is 36.5 Å². The van der Waals surface area contributed by atoms with Gasteiger partial charge in [0.1, 0.15) is 35.4 Å². The molecule has 0 saturated carbocycles. The summed E-state index contributed by atoms with van der Waals surface area (Å²) in [6, 6.07) is 16.3. The fraction of sp³-hybridized carbons (Fsp3) is 0.222. The van der Waals surface area contributed by atoms with Crippen LogP contribution in [0.4, 0.5) is 0 Å². The maximum atomic E-state index is 10.4. The molecule has 0 saturated heterocycles. The summed E-state index contributed by atoms with van der Waals surface area (Å²) in [5.41, 5.74) is 18.4. The van der Waals surface area contributed by atoms with Crippen LogP contribution in [0.2, 0.25) is 0 Å². The molecule has 3 atom stereocenters. The van der Waals surface area contributed by atoms with Crippen LogP contribution in [0.25, 0.3) is 0 Å². The zero-order valence-electron chi connectivity index (χ0n) is 20.9. The van der Waals surface area contributed by atoms with Crippen LogP contribution in [0.5, 0.6) is 17.2 Å². The largest absolute Gasteiger partial charge is 0.508 e. The Labute approximate surface area is 224 Å². The molecular formula is C27H33N3O9. The minimum absolute atomic E-state index is 0.160. The summed E-state index contributed by atoms with van der Waals surface area (Å²) in [6.45, 7) is 0. The maximum Gasteiger partial charge on any atom is 0.320 e. The molecule has 0 aromatic heterocycles. The van der Waals surface area contributed by atoms with Crippen LogP contribution < -0.4 is 17.2 Å². The third-order valence-electron chi connectivity index (χ3n) is 5.13. The molecule has 0 radical (unpaired) electrons. The lowest BCUT2D eigenvalue weighted by atomic mass is 10.1. The van der Waals surface area contributed by atoms with Crippen molar-refractivity contribution in [3.05, 3.63) is 89.5 Å². The van der Waals surface area contributed by atoms with Crippen LogP contribution in [-0.2, 0) is 33.6 Å². The highest BCUT2D eigenvalue weighted by molar-refractivity contribution is 5.74. The fourth-order valence-corrected chi connectivity index (χ4v) is 2.92. The average Bonchev–Trinajstić information content (AvgIpc) is 2.88. The van der Waals surface area contributed by atoms with Gasteiger partial charge >= 0.3 is 17.9 Å². The minimum Gasteiger partial charge on any atom is -0.508 e. The second-order valence-corrected chi connectivity index (χ2v) is 8.45. The van der Waals surface area contributed by atoms with Gasteiger partial charge in [-0.3, -0.25) is 14.4 Å². The van der Waals surface area contributed by atoms with E-state index in [9.17, 15) is 14.4 Å². The number of phenols is 3. The quantitative estimate of drug-likeness (QED) is 0.183. The summed E-state index contributed by atoms with van der Waals surface area (Å²) < 4.78 is 0. The normalized spacial score (nSPS) is 12.4. The first kappa shape index (κ1) is 32.4. The highest BCUT2D eigenvalue weighted by Gasteiger charge is 2.13. The third-order valence-corrected chi connectivity index (χ3v) is 5.13. The molecule has 12 nitrogen and oxygen atoms in total. The molecule has 0 aliphatic carbocycles. The molecule has 12 N–H and O–H groups in total. The van der Waals surface area contributed by atoms with Gasteiger partial charge in [0.25, 0.3) is 0 Å². The zero-order chi connectivity index (χ0) is 29.5. The number of carboxylic acid groups (broad SMARTS) is 3. The maximum absolute atomic E-state index is 10.4. The van der Waals surface area contributed by atoms with Crippen molar-refractivity contribution in [1.82, 2.24) is 0 Å². The summed E-state index contributed by atoms with van der Waals surface area (Å²) in [4.78, 5) is 31.2. The molecule has 0 fully saturated rings. The van der Waals surface area contributed by atoms with Gasteiger partial charge in [0.05, 0.1) is 0 Å². The van der Waals surface area contributed by atoms with E-state index in [1.54, 1.807) is 36.4 Å². The minimum atomic E-state index is -1.02. The number of hydrogen-bond donors (Lipinski definition) is 9. The van der Waals surface area contributed by atoms with Crippen molar-refractivity contribution in [2.24, 2.45) is 17.2 Å². The predicted octanol–water partition coefficient (Wildman–Crippen LogP) is 1.04. The Morgan fingerprint density at radius 3 is 0.795 bits per heavy atom. The Morgan fingerprint density at radius 2 is 0.641 bits per heavy atom. The predicted molar refractivity (Wildman–Crippen MR) is 142 cm³/mol. The highest BCUT2D eigenvalue weighted by Crippen LogP contribution is 2.12. The van der Waals surface area contributed by atoms with Gasteiger partial charge < -0.3 is 47.8 Å². The van der Waals surface area contributed by atoms with Gasteiger partial charge in [-0.2, -0.15) is 0 Å². The number of phenolic OH excluding ortho intramolecular Hbond substituents is 3. The summed E-state index contributed by atoms with van der Waals surface area (Å²) in [6.07, 6.45) is 0.820. The number of rotatable bonds is 9. The lowest BCUT2D eigenvalue weighted by Crippen LogP contribution is -2.32. The van der Waals surface area contributed by atoms with E-state index in [0.717, 1.165) is 16.7 Å². The first-order chi connectivity index (χ1) is 18.3. The number of aliphatic carboxylic acids is 3. The summed E-state index contributed by atoms with van der Waals surface area (Å²) in [7, 11) is 0. The Morgan fingerprint density at radius 1 is 0.462 bits per heavy atom. The number of hydrogen-bond acceptors (Lipinski definition) is 9. The molecule has 3 aromatic carbocycles. The van der Waals surface area contributed by atoms with Gasteiger partial charge in [-0.05, 0) is 72.4 Å². The van der Waals surface area contributed by atoms with Gasteiger partial charge in [-0.25, -0.2) is 0 Å². The van der Waals surface area contributed by atoms with Gasteiger partial charge in [-0.15, -0.1) is 0 Å². The van der Waals surface area contributed by atoms with Crippen LogP contribution in [0.15, 0.2) is 72.8 Å². The average molecular weight is 544 g/mol. The molecule has 210 valence electrons. The first-order valence-corrected chi connectivity index (χ1v) is 11.6. The smallest absolute Gasteiger partial charge is 0.320 e. The van der Waals surface area contributed by atoms with Crippen molar-refractivity contribution >= 4 is 17.9 Å². The Balaban J connectivity index is 0.000000292. The second-order valence-electron chi connectivity index (χ2n) is 8.45. The van der Waals surface area contributed by atoms with Crippen molar-refractivity contribution in [2.45, 2.75) is 37.4 Å². The van der Waals surface area contributed by atoms with E-state index in [2.05, 4.69) is 0 Å². The molecule has 3 aromatic rings. The Hall–Kier alpha value is -4.65. The topological polar surface area (TPSA) is 251 Å². The molecule has 0 amide bonds. The van der Waals surface area contributed by atoms with E-state index in [4.69, 9.17) is 47.8 Å². The van der Waals surface area contributed by atoms with Crippen LogP contribution in [-0.4, -0.2) is 66.7 Å². The van der Waals surface area contributed by atoms with Gasteiger partial charge in [-0.1, -0.05) is 36.4 Å². The lowest BCUT2D eigenvalue weighted by molar-refractivity contribution is -0.139. The van der Waals surface area contributed by atoms with Crippen molar-refractivity contribution in [1.29, 1.82) is 0 Å². The van der Waals surface area contributed by atoms with E-state index in [0.29, 0.717) is 0 Å². The molecule has 0 unspecified atom stereocenters. The van der Waals surface area contributed by atoms with Gasteiger partial charge in [0.15, 0.2) is 0 Å². The molecule has 0 bridgehead atoms. The van der Waals surface area contributed by atoms with Gasteiger partial charge in [0.2, 0.25) is 0 Å². The first-order valence-electron chi connectivity index (χ1n) is 11.6. The molecule has 0 heterocycles. The van der Waals surface area contributed by atoms with Crippen molar-refractivity contribution < 1.29 is 45.0 Å². The summed E-state index contributed by atoms with van der Waals surface area (Å²) in [5.74, 6) is -2.58. The molecule has 0 aliphatic heterocycles. The van der Waals surface area contributed by atoms with Gasteiger partial charge in [0, 0.05) is 0 Å². The molecule has 0 spiro atoms. The molecule has 0 aliphatic rings. The van der Waals surface area contributed by atoms with Crippen LogP contribution in [0, 0.1) is 0 Å². The Kier molecular flexibility index (Phi) is 13.5. The van der Waals surface area contributed by atoms with E-state index in [1.807, 2.05) is 0 Å². The molecule has 12 heteroatoms. The monoisotopic (exact) mass is 543 g/mol. The van der Waals surface area contributed by atoms with E-state index < -0.39 is 36.0 Å². The zero-order valence-corrected chi connectivity index (χ0v) is 20.9.